The Hall–Kier alpha value is -2.99. The van der Waals surface area contributed by atoms with Crippen molar-refractivity contribution in [1.29, 1.82) is 0 Å². The predicted octanol–water partition coefficient (Wildman–Crippen LogP) is 1.35. The smallest absolute Gasteiger partial charge is 0.261 e. The molecule has 0 radical (unpaired) electrons. The van der Waals surface area contributed by atoms with Crippen LogP contribution < -0.4 is 5.73 Å². The van der Waals surface area contributed by atoms with Gasteiger partial charge >= 0.3 is 0 Å². The molecule has 0 spiro atoms. The van der Waals surface area contributed by atoms with E-state index in [-0.39, 0.29) is 13.2 Å². The topological polar surface area (TPSA) is 101 Å². The molecule has 122 valence electrons. The van der Waals surface area contributed by atoms with Crippen molar-refractivity contribution in [2.75, 3.05) is 13.2 Å². The zero-order valence-corrected chi connectivity index (χ0v) is 13.1. The number of nitrogens with two attached hydrogens (primary N) is 1. The summed E-state index contributed by atoms with van der Waals surface area (Å²) in [7, 11) is 0. The largest absolute Gasteiger partial charge is 0.395 e. The second kappa shape index (κ2) is 5.90. The summed E-state index contributed by atoms with van der Waals surface area (Å²) in [5.41, 5.74) is 8.73. The monoisotopic (exact) mass is 324 g/mol. The van der Waals surface area contributed by atoms with Crippen LogP contribution in [0, 0.1) is 6.92 Å². The number of benzene rings is 2. The molecule has 1 heterocycles. The maximum Gasteiger partial charge on any atom is 0.261 e. The van der Waals surface area contributed by atoms with E-state index in [1.165, 1.54) is 0 Å². The SMILES string of the molecule is Cc1cc(-c2ccc3c(c2)C(=O)N(CCO)C3=O)ccc1C(N)=O. The fourth-order valence-corrected chi connectivity index (χ4v) is 2.89. The number of aliphatic hydroxyl groups is 1. The van der Waals surface area contributed by atoms with Crippen LogP contribution >= 0.6 is 0 Å². The molecule has 0 unspecified atom stereocenters. The summed E-state index contributed by atoms with van der Waals surface area (Å²) in [5.74, 6) is -1.29. The van der Waals surface area contributed by atoms with Crippen molar-refractivity contribution in [3.63, 3.8) is 0 Å². The molecular weight excluding hydrogens is 308 g/mol. The van der Waals surface area contributed by atoms with Gasteiger partial charge in [0, 0.05) is 5.56 Å². The van der Waals surface area contributed by atoms with Gasteiger partial charge in [0.1, 0.15) is 0 Å². The predicted molar refractivity (Wildman–Crippen MR) is 87.6 cm³/mol. The minimum atomic E-state index is -0.492. The number of aliphatic hydroxyl groups excluding tert-OH is 1. The van der Waals surface area contributed by atoms with Gasteiger partial charge in [-0.15, -0.1) is 0 Å². The third-order valence-corrected chi connectivity index (χ3v) is 4.12. The van der Waals surface area contributed by atoms with Crippen LogP contribution in [0.1, 0.15) is 36.6 Å². The van der Waals surface area contributed by atoms with Crippen LogP contribution in [0.25, 0.3) is 11.1 Å². The van der Waals surface area contributed by atoms with Crippen molar-refractivity contribution in [2.24, 2.45) is 5.73 Å². The summed E-state index contributed by atoms with van der Waals surface area (Å²) >= 11 is 0. The number of aryl methyl sites for hydroxylation is 1. The van der Waals surface area contributed by atoms with E-state index in [0.29, 0.717) is 16.7 Å². The summed E-state index contributed by atoms with van der Waals surface area (Å²) in [6.07, 6.45) is 0. The van der Waals surface area contributed by atoms with Gasteiger partial charge in [-0.25, -0.2) is 0 Å². The number of hydrogen-bond acceptors (Lipinski definition) is 4. The number of rotatable bonds is 4. The number of hydrogen-bond donors (Lipinski definition) is 2. The highest BCUT2D eigenvalue weighted by Gasteiger charge is 2.35. The van der Waals surface area contributed by atoms with Gasteiger partial charge in [0.2, 0.25) is 5.91 Å². The number of fused-ring (bicyclic) bond motifs is 1. The number of nitrogens with zero attached hydrogens (tertiary/aromatic N) is 1. The van der Waals surface area contributed by atoms with E-state index < -0.39 is 17.7 Å². The molecule has 0 aliphatic carbocycles. The highest BCUT2D eigenvalue weighted by molar-refractivity contribution is 6.21. The summed E-state index contributed by atoms with van der Waals surface area (Å²) in [4.78, 5) is 36.8. The van der Waals surface area contributed by atoms with Gasteiger partial charge in [0.25, 0.3) is 11.8 Å². The van der Waals surface area contributed by atoms with E-state index in [9.17, 15) is 14.4 Å². The van der Waals surface area contributed by atoms with Crippen LogP contribution in [0.15, 0.2) is 36.4 Å². The lowest BCUT2D eigenvalue weighted by molar-refractivity contribution is 0.0624. The zero-order valence-electron chi connectivity index (χ0n) is 13.1. The Morgan fingerprint density at radius 3 is 2.29 bits per heavy atom. The van der Waals surface area contributed by atoms with E-state index in [1.54, 1.807) is 37.3 Å². The van der Waals surface area contributed by atoms with E-state index in [2.05, 4.69) is 0 Å². The van der Waals surface area contributed by atoms with Gasteiger partial charge in [0.05, 0.1) is 24.3 Å². The van der Waals surface area contributed by atoms with Crippen LogP contribution in [0.3, 0.4) is 0 Å². The van der Waals surface area contributed by atoms with Gasteiger partial charge in [-0.1, -0.05) is 18.2 Å². The average Bonchev–Trinajstić information content (AvgIpc) is 2.79. The molecular formula is C18H16N2O4. The standard InChI is InChI=1S/C18H16N2O4/c1-10-8-11(2-4-13(10)16(19)22)12-3-5-14-15(9-12)18(24)20(6-7-21)17(14)23/h2-5,8-9,21H,6-7H2,1H3,(H2,19,22). The summed E-state index contributed by atoms with van der Waals surface area (Å²) in [6, 6.07) is 10.2. The van der Waals surface area contributed by atoms with E-state index >= 15 is 0 Å². The van der Waals surface area contributed by atoms with Crippen molar-refractivity contribution in [3.05, 3.63) is 58.7 Å². The van der Waals surface area contributed by atoms with Crippen LogP contribution in [0.5, 0.6) is 0 Å². The number of carbonyl (C=O) groups is 3. The normalized spacial score (nSPS) is 13.3. The fraction of sp³-hybridized carbons (Fsp3) is 0.167. The van der Waals surface area contributed by atoms with Gasteiger partial charge in [0.15, 0.2) is 0 Å². The first-order valence-corrected chi connectivity index (χ1v) is 7.46. The third kappa shape index (κ3) is 2.47. The Labute approximate surface area is 138 Å². The van der Waals surface area contributed by atoms with Crippen LogP contribution in [0.4, 0.5) is 0 Å². The van der Waals surface area contributed by atoms with Crippen LogP contribution in [0.2, 0.25) is 0 Å². The lowest BCUT2D eigenvalue weighted by Crippen LogP contribution is -2.32. The van der Waals surface area contributed by atoms with E-state index in [0.717, 1.165) is 21.6 Å². The molecule has 0 saturated carbocycles. The van der Waals surface area contributed by atoms with Gasteiger partial charge in [-0.2, -0.15) is 0 Å². The molecule has 3 rings (SSSR count). The molecule has 0 aromatic heterocycles. The van der Waals surface area contributed by atoms with E-state index in [4.69, 9.17) is 10.8 Å². The van der Waals surface area contributed by atoms with Gasteiger partial charge in [-0.05, 0) is 41.8 Å². The molecule has 6 heteroatoms. The number of imide groups is 1. The molecule has 1 aliphatic heterocycles. The van der Waals surface area contributed by atoms with Crippen molar-refractivity contribution in [3.8, 4) is 11.1 Å². The third-order valence-electron chi connectivity index (χ3n) is 4.12. The first-order valence-electron chi connectivity index (χ1n) is 7.46. The quantitative estimate of drug-likeness (QED) is 0.829. The highest BCUT2D eigenvalue weighted by atomic mass is 16.3. The second-order valence-electron chi connectivity index (χ2n) is 5.64. The molecule has 0 fully saturated rings. The fourth-order valence-electron chi connectivity index (χ4n) is 2.89. The summed E-state index contributed by atoms with van der Waals surface area (Å²) in [5, 5.41) is 8.99. The van der Waals surface area contributed by atoms with Crippen LogP contribution in [-0.4, -0.2) is 40.9 Å². The lowest BCUT2D eigenvalue weighted by atomic mass is 9.97. The zero-order chi connectivity index (χ0) is 17.4. The molecule has 0 atom stereocenters. The van der Waals surface area contributed by atoms with Gasteiger partial charge < -0.3 is 10.8 Å². The molecule has 6 nitrogen and oxygen atoms in total. The Morgan fingerprint density at radius 2 is 1.67 bits per heavy atom. The summed E-state index contributed by atoms with van der Waals surface area (Å²) in [6.45, 7) is 1.49. The lowest BCUT2D eigenvalue weighted by Gasteiger charge is -2.10. The molecule has 2 aromatic carbocycles. The highest BCUT2D eigenvalue weighted by Crippen LogP contribution is 2.29. The van der Waals surface area contributed by atoms with Crippen molar-refractivity contribution in [2.45, 2.75) is 6.92 Å². The molecule has 1 aliphatic rings. The number of β-amino-alcohol motifs (C(OH)–C–C–N with tert-alkyl or cyclic N) is 1. The first kappa shape index (κ1) is 15.9. The molecule has 0 saturated heterocycles. The minimum absolute atomic E-state index is 0.0197. The number of amides is 3. The Kier molecular flexibility index (Phi) is 3.91. The van der Waals surface area contributed by atoms with Crippen molar-refractivity contribution >= 4 is 17.7 Å². The van der Waals surface area contributed by atoms with Crippen LogP contribution in [-0.2, 0) is 0 Å². The molecule has 2 aromatic rings. The Bertz CT molecular complexity index is 873. The number of carbonyl (C=O) groups excluding carboxylic acids is 3. The number of primary amides is 1. The minimum Gasteiger partial charge on any atom is -0.395 e. The summed E-state index contributed by atoms with van der Waals surface area (Å²) < 4.78 is 0. The van der Waals surface area contributed by atoms with E-state index in [1.807, 2.05) is 6.07 Å². The molecule has 24 heavy (non-hydrogen) atoms. The Morgan fingerprint density at radius 1 is 1.04 bits per heavy atom. The average molecular weight is 324 g/mol. The van der Waals surface area contributed by atoms with Crippen molar-refractivity contribution in [1.82, 2.24) is 4.90 Å². The molecule has 0 bridgehead atoms. The molecule has 3 N–H and O–H groups in total. The Balaban J connectivity index is 2.02. The van der Waals surface area contributed by atoms with Crippen molar-refractivity contribution < 1.29 is 19.5 Å². The molecule has 3 amide bonds. The first-order chi connectivity index (χ1) is 11.4. The maximum absolute atomic E-state index is 12.3. The van der Waals surface area contributed by atoms with Gasteiger partial charge in [-0.3, -0.25) is 19.3 Å². The second-order valence-corrected chi connectivity index (χ2v) is 5.64. The maximum atomic E-state index is 12.3.